The number of nitrogens with zero attached hydrogens (tertiary/aromatic N) is 3. The standard InChI is InChI=1S/C17H19F3N4OS2/c1-11-6-4-5-9-24(11)14(25)10-26-16-23-22-15(27-16)21-13-8-3-2-7-12(13)17(18,19)20/h2-3,7-8,11H,4-6,9-10H2,1H3,(H,21,22)/t11-/m0/s1. The van der Waals surface area contributed by atoms with Gasteiger partial charge in [-0.15, -0.1) is 10.2 Å². The molecule has 0 bridgehead atoms. The maximum absolute atomic E-state index is 13.1. The van der Waals surface area contributed by atoms with Gasteiger partial charge in [0.15, 0.2) is 4.34 Å². The maximum atomic E-state index is 13.1. The molecule has 146 valence electrons. The number of carbonyl (C=O) groups is 1. The Hall–Kier alpha value is -1.81. The van der Waals surface area contributed by atoms with E-state index < -0.39 is 11.7 Å². The van der Waals surface area contributed by atoms with E-state index in [0.717, 1.165) is 43.2 Å². The van der Waals surface area contributed by atoms with Gasteiger partial charge in [-0.1, -0.05) is 35.2 Å². The molecule has 0 saturated carbocycles. The van der Waals surface area contributed by atoms with Gasteiger partial charge in [0.05, 0.1) is 17.0 Å². The number of aromatic nitrogens is 2. The Morgan fingerprint density at radius 2 is 2.11 bits per heavy atom. The number of piperidine rings is 1. The number of rotatable bonds is 5. The molecule has 1 amide bonds. The highest BCUT2D eigenvalue weighted by molar-refractivity contribution is 8.01. The Morgan fingerprint density at radius 1 is 1.33 bits per heavy atom. The average molecular weight is 416 g/mol. The van der Waals surface area contributed by atoms with Gasteiger partial charge in [-0.3, -0.25) is 4.79 Å². The largest absolute Gasteiger partial charge is 0.418 e. The summed E-state index contributed by atoms with van der Waals surface area (Å²) >= 11 is 2.38. The first-order valence-electron chi connectivity index (χ1n) is 8.53. The molecule has 1 aromatic carbocycles. The predicted octanol–water partition coefficient (Wildman–Crippen LogP) is 4.79. The zero-order valence-corrected chi connectivity index (χ0v) is 16.3. The van der Waals surface area contributed by atoms with Crippen molar-refractivity contribution in [2.75, 3.05) is 17.6 Å². The number of nitrogens with one attached hydrogen (secondary N) is 1. The number of likely N-dealkylation sites (tertiary alicyclic amines) is 1. The van der Waals surface area contributed by atoms with Crippen LogP contribution in [0.3, 0.4) is 0 Å². The highest BCUT2D eigenvalue weighted by Gasteiger charge is 2.33. The molecular weight excluding hydrogens is 397 g/mol. The molecule has 0 spiro atoms. The Bertz CT molecular complexity index is 796. The van der Waals surface area contributed by atoms with E-state index in [0.29, 0.717) is 4.34 Å². The van der Waals surface area contributed by atoms with E-state index in [2.05, 4.69) is 15.5 Å². The zero-order valence-electron chi connectivity index (χ0n) is 14.6. The SMILES string of the molecule is C[C@H]1CCCCN1C(=O)CSc1nnc(Nc2ccccc2C(F)(F)F)s1. The smallest absolute Gasteiger partial charge is 0.339 e. The normalized spacial score (nSPS) is 17.8. The second-order valence-corrected chi connectivity index (χ2v) is 8.46. The summed E-state index contributed by atoms with van der Waals surface area (Å²) in [6.07, 6.45) is -1.28. The topological polar surface area (TPSA) is 58.1 Å². The van der Waals surface area contributed by atoms with Gasteiger partial charge in [0, 0.05) is 12.6 Å². The molecule has 0 unspecified atom stereocenters. The molecule has 1 aliphatic heterocycles. The van der Waals surface area contributed by atoms with E-state index in [9.17, 15) is 18.0 Å². The number of alkyl halides is 3. The lowest BCUT2D eigenvalue weighted by Crippen LogP contribution is -2.42. The van der Waals surface area contributed by atoms with Gasteiger partial charge in [0.2, 0.25) is 11.0 Å². The number of anilines is 2. The van der Waals surface area contributed by atoms with Gasteiger partial charge in [-0.25, -0.2) is 0 Å². The van der Waals surface area contributed by atoms with Gasteiger partial charge in [-0.2, -0.15) is 13.2 Å². The fourth-order valence-corrected chi connectivity index (χ4v) is 4.60. The second kappa shape index (κ2) is 8.47. The van der Waals surface area contributed by atoms with Crippen LogP contribution in [0.1, 0.15) is 31.7 Å². The van der Waals surface area contributed by atoms with E-state index in [1.54, 1.807) is 0 Å². The van der Waals surface area contributed by atoms with Crippen LogP contribution in [0, 0.1) is 0 Å². The van der Waals surface area contributed by atoms with Gasteiger partial charge < -0.3 is 10.2 Å². The summed E-state index contributed by atoms with van der Waals surface area (Å²) in [6, 6.07) is 5.46. The minimum atomic E-state index is -4.45. The summed E-state index contributed by atoms with van der Waals surface area (Å²) in [7, 11) is 0. The van der Waals surface area contributed by atoms with E-state index >= 15 is 0 Å². The molecule has 1 aliphatic rings. The number of halogens is 3. The van der Waals surface area contributed by atoms with Gasteiger partial charge in [0.25, 0.3) is 0 Å². The molecule has 1 aromatic heterocycles. The van der Waals surface area contributed by atoms with Crippen molar-refractivity contribution >= 4 is 39.8 Å². The minimum absolute atomic E-state index is 0.0549. The van der Waals surface area contributed by atoms with Crippen LogP contribution in [0.25, 0.3) is 0 Å². The number of para-hydroxylation sites is 1. The fraction of sp³-hybridized carbons (Fsp3) is 0.471. The molecule has 5 nitrogen and oxygen atoms in total. The maximum Gasteiger partial charge on any atom is 0.418 e. The van der Waals surface area contributed by atoms with E-state index in [1.807, 2.05) is 11.8 Å². The summed E-state index contributed by atoms with van der Waals surface area (Å²) in [6.45, 7) is 2.82. The van der Waals surface area contributed by atoms with E-state index in [4.69, 9.17) is 0 Å². The highest BCUT2D eigenvalue weighted by atomic mass is 32.2. The van der Waals surface area contributed by atoms with Crippen molar-refractivity contribution in [2.24, 2.45) is 0 Å². The number of hydrogen-bond acceptors (Lipinski definition) is 6. The summed E-state index contributed by atoms with van der Waals surface area (Å²) < 4.78 is 39.7. The van der Waals surface area contributed by atoms with Crippen molar-refractivity contribution < 1.29 is 18.0 Å². The third-order valence-electron chi connectivity index (χ3n) is 4.32. The van der Waals surface area contributed by atoms with Gasteiger partial charge in [0.1, 0.15) is 0 Å². The molecule has 1 atom stereocenters. The van der Waals surface area contributed by atoms with Crippen LogP contribution in [0.15, 0.2) is 28.6 Å². The van der Waals surface area contributed by atoms with Crippen LogP contribution >= 0.6 is 23.1 Å². The van der Waals surface area contributed by atoms with E-state index in [1.165, 1.54) is 30.0 Å². The molecule has 0 radical (unpaired) electrons. The van der Waals surface area contributed by atoms with Crippen LogP contribution in [0.5, 0.6) is 0 Å². The molecule has 2 heterocycles. The van der Waals surface area contributed by atoms with Crippen LogP contribution in [-0.2, 0) is 11.0 Å². The van der Waals surface area contributed by atoms with Crippen molar-refractivity contribution in [1.29, 1.82) is 0 Å². The Kier molecular flexibility index (Phi) is 6.25. The zero-order chi connectivity index (χ0) is 19.4. The van der Waals surface area contributed by atoms with Crippen LogP contribution in [0.4, 0.5) is 24.0 Å². The summed E-state index contributed by atoms with van der Waals surface area (Å²) in [4.78, 5) is 14.2. The van der Waals surface area contributed by atoms with Crippen molar-refractivity contribution in [2.45, 2.75) is 42.7 Å². The first-order chi connectivity index (χ1) is 12.8. The molecule has 1 fully saturated rings. The molecular formula is C17H19F3N4OS2. The van der Waals surface area contributed by atoms with Crippen LogP contribution in [0.2, 0.25) is 0 Å². The minimum Gasteiger partial charge on any atom is -0.339 e. The molecule has 1 saturated heterocycles. The van der Waals surface area contributed by atoms with E-state index in [-0.39, 0.29) is 28.5 Å². The number of amides is 1. The molecule has 10 heteroatoms. The second-order valence-electron chi connectivity index (χ2n) is 6.26. The molecule has 1 N–H and O–H groups in total. The highest BCUT2D eigenvalue weighted by Crippen LogP contribution is 2.37. The Morgan fingerprint density at radius 3 is 2.85 bits per heavy atom. The Labute approximate surface area is 163 Å². The van der Waals surface area contributed by atoms with Crippen molar-refractivity contribution in [3.8, 4) is 0 Å². The monoisotopic (exact) mass is 416 g/mol. The molecule has 2 aromatic rings. The van der Waals surface area contributed by atoms with Crippen molar-refractivity contribution in [3.63, 3.8) is 0 Å². The Balaban J connectivity index is 1.60. The molecule has 0 aliphatic carbocycles. The summed E-state index contributed by atoms with van der Waals surface area (Å²) in [5.74, 6) is 0.303. The van der Waals surface area contributed by atoms with Crippen LogP contribution < -0.4 is 5.32 Å². The summed E-state index contributed by atoms with van der Waals surface area (Å²) in [5.41, 5.74) is -0.834. The fourth-order valence-electron chi connectivity index (χ4n) is 2.95. The molecule has 27 heavy (non-hydrogen) atoms. The predicted molar refractivity (Wildman–Crippen MR) is 100 cm³/mol. The van der Waals surface area contributed by atoms with Gasteiger partial charge >= 0.3 is 6.18 Å². The lowest BCUT2D eigenvalue weighted by Gasteiger charge is -2.33. The quantitative estimate of drug-likeness (QED) is 0.710. The first-order valence-corrected chi connectivity index (χ1v) is 10.3. The molecule has 3 rings (SSSR count). The third kappa shape index (κ3) is 5.13. The van der Waals surface area contributed by atoms with Crippen molar-refractivity contribution in [1.82, 2.24) is 15.1 Å². The first kappa shape index (κ1) is 19.9. The number of thioether (sulfide) groups is 1. The number of benzene rings is 1. The lowest BCUT2D eigenvalue weighted by atomic mass is 10.0. The van der Waals surface area contributed by atoms with Crippen LogP contribution in [-0.4, -0.2) is 39.3 Å². The lowest BCUT2D eigenvalue weighted by molar-refractivity contribution is -0.137. The van der Waals surface area contributed by atoms with Gasteiger partial charge in [-0.05, 0) is 38.3 Å². The summed E-state index contributed by atoms with van der Waals surface area (Å²) in [5, 5.41) is 10.8. The third-order valence-corrected chi connectivity index (χ3v) is 6.28. The number of hydrogen-bond donors (Lipinski definition) is 1. The average Bonchev–Trinajstić information content (AvgIpc) is 3.07. The number of carbonyl (C=O) groups excluding carboxylic acids is 1. The van der Waals surface area contributed by atoms with Crippen molar-refractivity contribution in [3.05, 3.63) is 29.8 Å².